The molecule has 1 atom stereocenters. The second kappa shape index (κ2) is 8.27. The highest BCUT2D eigenvalue weighted by molar-refractivity contribution is 7.10. The van der Waals surface area contributed by atoms with Crippen molar-refractivity contribution in [1.82, 2.24) is 5.32 Å². The number of rotatable bonds is 9. The lowest BCUT2D eigenvalue weighted by Crippen LogP contribution is -2.25. The predicted molar refractivity (Wildman–Crippen MR) is 76.0 cm³/mol. The summed E-state index contributed by atoms with van der Waals surface area (Å²) in [5, 5.41) is 14.2. The van der Waals surface area contributed by atoms with Gasteiger partial charge in [0, 0.05) is 17.3 Å². The number of hydrogen-bond donors (Lipinski definition) is 2. The Morgan fingerprint density at radius 2 is 2.17 bits per heavy atom. The van der Waals surface area contributed by atoms with Crippen LogP contribution in [0.3, 0.4) is 0 Å². The summed E-state index contributed by atoms with van der Waals surface area (Å²) in [6, 6.07) is 4.68. The predicted octanol–water partition coefficient (Wildman–Crippen LogP) is 3.68. The topological polar surface area (TPSA) is 49.3 Å². The van der Waals surface area contributed by atoms with Gasteiger partial charge in [0.25, 0.3) is 0 Å². The minimum atomic E-state index is -0.693. The molecule has 1 unspecified atom stereocenters. The van der Waals surface area contributed by atoms with Crippen molar-refractivity contribution in [2.75, 3.05) is 6.54 Å². The van der Waals surface area contributed by atoms with Gasteiger partial charge in [0.05, 0.1) is 0 Å². The highest BCUT2D eigenvalue weighted by Gasteiger charge is 2.15. The van der Waals surface area contributed by atoms with Crippen molar-refractivity contribution in [3.8, 4) is 0 Å². The number of carboxylic acids is 1. The van der Waals surface area contributed by atoms with Crippen molar-refractivity contribution in [3.05, 3.63) is 22.4 Å². The van der Waals surface area contributed by atoms with E-state index in [0.29, 0.717) is 18.4 Å². The number of unbranched alkanes of at least 4 members (excludes halogenated alkanes) is 2. The van der Waals surface area contributed by atoms with Gasteiger partial charge in [0.2, 0.25) is 0 Å². The average Bonchev–Trinajstić information content (AvgIpc) is 2.80. The first-order chi connectivity index (χ1) is 8.61. The normalized spacial score (nSPS) is 12.8. The molecule has 1 rings (SSSR count). The van der Waals surface area contributed by atoms with Gasteiger partial charge in [-0.15, -0.1) is 11.3 Å². The Morgan fingerprint density at radius 3 is 2.72 bits per heavy atom. The second-order valence-electron chi connectivity index (χ2n) is 4.90. The SMILES string of the molecule is CC(C)C(NCCCCCC(=O)O)c1cccs1. The monoisotopic (exact) mass is 269 g/mol. The molecule has 3 nitrogen and oxygen atoms in total. The van der Waals surface area contributed by atoms with E-state index in [-0.39, 0.29) is 0 Å². The van der Waals surface area contributed by atoms with Crippen LogP contribution in [-0.2, 0) is 4.79 Å². The number of aliphatic carboxylic acids is 1. The molecule has 1 heterocycles. The lowest BCUT2D eigenvalue weighted by molar-refractivity contribution is -0.137. The Morgan fingerprint density at radius 1 is 1.39 bits per heavy atom. The highest BCUT2D eigenvalue weighted by atomic mass is 32.1. The third-order valence-corrected chi connectivity index (χ3v) is 3.90. The van der Waals surface area contributed by atoms with Gasteiger partial charge >= 0.3 is 5.97 Å². The number of hydrogen-bond acceptors (Lipinski definition) is 3. The molecule has 0 amide bonds. The Bertz CT molecular complexity index is 336. The molecule has 0 saturated heterocycles. The average molecular weight is 269 g/mol. The zero-order valence-electron chi connectivity index (χ0n) is 11.2. The van der Waals surface area contributed by atoms with Crippen LogP contribution in [0.5, 0.6) is 0 Å². The van der Waals surface area contributed by atoms with Gasteiger partial charge in [-0.2, -0.15) is 0 Å². The second-order valence-corrected chi connectivity index (χ2v) is 5.87. The standard InChI is InChI=1S/C14H23NO2S/c1-11(2)14(12-7-6-10-18-12)15-9-5-3-4-8-13(16)17/h6-7,10-11,14-15H,3-5,8-9H2,1-2H3,(H,16,17). The molecule has 0 bridgehead atoms. The Labute approximate surface area is 113 Å². The Kier molecular flexibility index (Phi) is 6.98. The molecule has 102 valence electrons. The third-order valence-electron chi connectivity index (χ3n) is 2.95. The lowest BCUT2D eigenvalue weighted by atomic mass is 10.0. The van der Waals surface area contributed by atoms with Crippen LogP contribution in [0.2, 0.25) is 0 Å². The van der Waals surface area contributed by atoms with E-state index in [1.807, 2.05) is 0 Å². The van der Waals surface area contributed by atoms with Gasteiger partial charge in [-0.3, -0.25) is 4.79 Å². The van der Waals surface area contributed by atoms with E-state index in [1.165, 1.54) is 4.88 Å². The van der Waals surface area contributed by atoms with E-state index in [2.05, 4.69) is 36.7 Å². The van der Waals surface area contributed by atoms with Crippen LogP contribution in [0.4, 0.5) is 0 Å². The van der Waals surface area contributed by atoms with E-state index in [4.69, 9.17) is 5.11 Å². The zero-order valence-corrected chi connectivity index (χ0v) is 12.0. The molecule has 4 heteroatoms. The summed E-state index contributed by atoms with van der Waals surface area (Å²) in [5.41, 5.74) is 0. The van der Waals surface area contributed by atoms with E-state index >= 15 is 0 Å². The van der Waals surface area contributed by atoms with Crippen LogP contribution in [-0.4, -0.2) is 17.6 Å². The first-order valence-corrected chi connectivity index (χ1v) is 7.48. The number of carboxylic acid groups (broad SMARTS) is 1. The third kappa shape index (κ3) is 5.65. The minimum absolute atomic E-state index is 0.290. The van der Waals surface area contributed by atoms with Crippen LogP contribution < -0.4 is 5.32 Å². The molecule has 0 aliphatic heterocycles. The fraction of sp³-hybridized carbons (Fsp3) is 0.643. The summed E-state index contributed by atoms with van der Waals surface area (Å²) in [6.45, 7) is 5.41. The van der Waals surface area contributed by atoms with Gasteiger partial charge < -0.3 is 10.4 Å². The largest absolute Gasteiger partial charge is 0.481 e. The summed E-state index contributed by atoms with van der Waals surface area (Å²) < 4.78 is 0. The quantitative estimate of drug-likeness (QED) is 0.672. The van der Waals surface area contributed by atoms with Crippen molar-refractivity contribution in [1.29, 1.82) is 0 Å². The molecule has 0 aromatic carbocycles. The van der Waals surface area contributed by atoms with E-state index < -0.39 is 5.97 Å². The smallest absolute Gasteiger partial charge is 0.303 e. The molecular weight excluding hydrogens is 246 g/mol. The van der Waals surface area contributed by atoms with Gasteiger partial charge in [0.1, 0.15) is 0 Å². The molecule has 0 saturated carbocycles. The summed E-state index contributed by atoms with van der Waals surface area (Å²) in [4.78, 5) is 11.8. The van der Waals surface area contributed by atoms with Crippen LogP contribution in [0.15, 0.2) is 17.5 Å². The van der Waals surface area contributed by atoms with E-state index in [0.717, 1.165) is 25.8 Å². The summed E-state index contributed by atoms with van der Waals surface area (Å²) >= 11 is 1.79. The zero-order chi connectivity index (χ0) is 13.4. The number of thiophene rings is 1. The van der Waals surface area contributed by atoms with Crippen LogP contribution in [0.25, 0.3) is 0 Å². The molecule has 0 aliphatic rings. The van der Waals surface area contributed by atoms with Gasteiger partial charge in [-0.05, 0) is 36.8 Å². The summed E-state index contributed by atoms with van der Waals surface area (Å²) in [5.74, 6) is -0.121. The van der Waals surface area contributed by atoms with Crippen molar-refractivity contribution in [2.45, 2.75) is 45.6 Å². The molecule has 1 aromatic heterocycles. The van der Waals surface area contributed by atoms with Crippen LogP contribution >= 0.6 is 11.3 Å². The van der Waals surface area contributed by atoms with Crippen molar-refractivity contribution >= 4 is 17.3 Å². The lowest BCUT2D eigenvalue weighted by Gasteiger charge is -2.21. The van der Waals surface area contributed by atoms with Crippen molar-refractivity contribution in [2.24, 2.45) is 5.92 Å². The first kappa shape index (κ1) is 15.2. The molecule has 1 aromatic rings. The summed E-state index contributed by atoms with van der Waals surface area (Å²) in [6.07, 6.45) is 3.09. The van der Waals surface area contributed by atoms with Gasteiger partial charge in [-0.25, -0.2) is 0 Å². The minimum Gasteiger partial charge on any atom is -0.481 e. The molecule has 0 fully saturated rings. The van der Waals surface area contributed by atoms with Gasteiger partial charge in [-0.1, -0.05) is 26.3 Å². The fourth-order valence-corrected chi connectivity index (χ4v) is 2.94. The van der Waals surface area contributed by atoms with Crippen molar-refractivity contribution in [3.63, 3.8) is 0 Å². The molecule has 2 N–H and O–H groups in total. The maximum absolute atomic E-state index is 10.4. The molecular formula is C14H23NO2S. The van der Waals surface area contributed by atoms with E-state index in [1.54, 1.807) is 11.3 Å². The Hall–Kier alpha value is -0.870. The maximum Gasteiger partial charge on any atom is 0.303 e. The van der Waals surface area contributed by atoms with E-state index in [9.17, 15) is 4.79 Å². The summed E-state index contributed by atoms with van der Waals surface area (Å²) in [7, 11) is 0. The Balaban J connectivity index is 2.21. The van der Waals surface area contributed by atoms with Crippen LogP contribution in [0.1, 0.15) is 50.4 Å². The molecule has 18 heavy (non-hydrogen) atoms. The first-order valence-electron chi connectivity index (χ1n) is 6.60. The molecule has 0 radical (unpaired) electrons. The fourth-order valence-electron chi connectivity index (χ4n) is 1.97. The molecule has 0 spiro atoms. The van der Waals surface area contributed by atoms with Gasteiger partial charge in [0.15, 0.2) is 0 Å². The maximum atomic E-state index is 10.4. The number of carbonyl (C=O) groups is 1. The molecule has 0 aliphatic carbocycles. The number of nitrogens with one attached hydrogen (secondary N) is 1. The highest BCUT2D eigenvalue weighted by Crippen LogP contribution is 2.25. The van der Waals surface area contributed by atoms with Crippen LogP contribution in [0, 0.1) is 5.92 Å². The van der Waals surface area contributed by atoms with Crippen molar-refractivity contribution < 1.29 is 9.90 Å².